The van der Waals surface area contributed by atoms with Crippen molar-refractivity contribution in [3.63, 3.8) is 0 Å². The zero-order valence-corrected chi connectivity index (χ0v) is 12.1. The Kier molecular flexibility index (Phi) is 5.03. The van der Waals surface area contributed by atoms with E-state index in [2.05, 4.69) is 26.8 Å². The summed E-state index contributed by atoms with van der Waals surface area (Å²) in [5.41, 5.74) is 0.783. The van der Waals surface area contributed by atoms with Gasteiger partial charge in [-0.25, -0.2) is 14.8 Å². The standard InChI is InChI=1S/C14H22N4O2/c1-17-5-3-11(4-6-17)8-18(2)9-13-12(14(19)20)7-15-10-16-13/h7,10-11H,3-6,8-9H2,1-2H3,(H,19,20). The first-order chi connectivity index (χ1) is 9.56. The van der Waals surface area contributed by atoms with E-state index in [9.17, 15) is 4.79 Å². The number of carboxylic acids is 1. The molecule has 1 aromatic rings. The Labute approximate surface area is 119 Å². The number of aromatic nitrogens is 2. The van der Waals surface area contributed by atoms with Gasteiger partial charge in [0.25, 0.3) is 0 Å². The van der Waals surface area contributed by atoms with Crippen LogP contribution in [-0.2, 0) is 6.54 Å². The van der Waals surface area contributed by atoms with Gasteiger partial charge in [-0.3, -0.25) is 0 Å². The van der Waals surface area contributed by atoms with Gasteiger partial charge in [-0.1, -0.05) is 0 Å². The molecule has 1 aliphatic rings. The number of likely N-dealkylation sites (tertiary alicyclic amines) is 1. The van der Waals surface area contributed by atoms with E-state index in [1.165, 1.54) is 25.4 Å². The largest absolute Gasteiger partial charge is 0.478 e. The van der Waals surface area contributed by atoms with E-state index in [1.54, 1.807) is 0 Å². The van der Waals surface area contributed by atoms with Crippen LogP contribution < -0.4 is 0 Å². The molecule has 1 aliphatic heterocycles. The van der Waals surface area contributed by atoms with Crippen molar-refractivity contribution in [1.82, 2.24) is 19.8 Å². The minimum absolute atomic E-state index is 0.197. The average molecular weight is 278 g/mol. The highest BCUT2D eigenvalue weighted by atomic mass is 16.4. The summed E-state index contributed by atoms with van der Waals surface area (Å²) in [4.78, 5) is 23.5. The lowest BCUT2D eigenvalue weighted by Gasteiger charge is -2.31. The molecule has 0 spiro atoms. The van der Waals surface area contributed by atoms with Crippen LogP contribution >= 0.6 is 0 Å². The Bertz CT molecular complexity index is 458. The summed E-state index contributed by atoms with van der Waals surface area (Å²) in [7, 11) is 4.17. The summed E-state index contributed by atoms with van der Waals surface area (Å²) in [6.45, 7) is 3.83. The second-order valence-electron chi connectivity index (χ2n) is 5.63. The molecule has 1 saturated heterocycles. The van der Waals surface area contributed by atoms with Gasteiger partial charge in [0.2, 0.25) is 0 Å². The third-order valence-electron chi connectivity index (χ3n) is 3.85. The number of piperidine rings is 1. The van der Waals surface area contributed by atoms with Crippen molar-refractivity contribution in [2.45, 2.75) is 19.4 Å². The van der Waals surface area contributed by atoms with Gasteiger partial charge < -0.3 is 14.9 Å². The maximum Gasteiger partial charge on any atom is 0.339 e. The number of hydrogen-bond acceptors (Lipinski definition) is 5. The van der Waals surface area contributed by atoms with Crippen molar-refractivity contribution >= 4 is 5.97 Å². The average Bonchev–Trinajstić information content (AvgIpc) is 2.41. The van der Waals surface area contributed by atoms with Gasteiger partial charge in [0.15, 0.2) is 0 Å². The van der Waals surface area contributed by atoms with Gasteiger partial charge in [0, 0.05) is 19.3 Å². The van der Waals surface area contributed by atoms with Crippen molar-refractivity contribution in [2.24, 2.45) is 5.92 Å². The minimum Gasteiger partial charge on any atom is -0.478 e. The van der Waals surface area contributed by atoms with Gasteiger partial charge >= 0.3 is 5.97 Å². The van der Waals surface area contributed by atoms with E-state index in [-0.39, 0.29) is 5.56 Å². The third-order valence-corrected chi connectivity index (χ3v) is 3.85. The predicted molar refractivity (Wildman–Crippen MR) is 75.5 cm³/mol. The highest BCUT2D eigenvalue weighted by Crippen LogP contribution is 2.17. The highest BCUT2D eigenvalue weighted by molar-refractivity contribution is 5.88. The van der Waals surface area contributed by atoms with Crippen LogP contribution in [0.5, 0.6) is 0 Å². The number of rotatable bonds is 5. The second kappa shape index (κ2) is 6.76. The van der Waals surface area contributed by atoms with Gasteiger partial charge in [-0.2, -0.15) is 0 Å². The Morgan fingerprint density at radius 2 is 2.20 bits per heavy atom. The van der Waals surface area contributed by atoms with Crippen molar-refractivity contribution in [3.05, 3.63) is 23.8 Å². The first-order valence-corrected chi connectivity index (χ1v) is 6.95. The van der Waals surface area contributed by atoms with Crippen molar-refractivity contribution in [2.75, 3.05) is 33.7 Å². The summed E-state index contributed by atoms with van der Waals surface area (Å²) in [6, 6.07) is 0. The van der Waals surface area contributed by atoms with Crippen LogP contribution in [0.4, 0.5) is 0 Å². The van der Waals surface area contributed by atoms with E-state index in [4.69, 9.17) is 5.11 Å². The Morgan fingerprint density at radius 3 is 2.85 bits per heavy atom. The molecular weight excluding hydrogens is 256 g/mol. The highest BCUT2D eigenvalue weighted by Gasteiger charge is 2.19. The van der Waals surface area contributed by atoms with Crippen LogP contribution in [0.3, 0.4) is 0 Å². The fourth-order valence-electron chi connectivity index (χ4n) is 2.67. The molecule has 1 N–H and O–H groups in total. The van der Waals surface area contributed by atoms with Crippen molar-refractivity contribution < 1.29 is 9.90 Å². The maximum absolute atomic E-state index is 11.1. The van der Waals surface area contributed by atoms with Gasteiger partial charge in [0.1, 0.15) is 11.9 Å². The molecule has 0 unspecified atom stereocenters. The molecule has 0 atom stereocenters. The molecule has 1 fully saturated rings. The summed E-state index contributed by atoms with van der Waals surface area (Å²) < 4.78 is 0. The van der Waals surface area contributed by atoms with E-state index < -0.39 is 5.97 Å². The SMILES string of the molecule is CN1CCC(CN(C)Cc2ncncc2C(=O)O)CC1. The fourth-order valence-corrected chi connectivity index (χ4v) is 2.67. The third kappa shape index (κ3) is 3.98. The molecule has 0 saturated carbocycles. The number of nitrogens with zero attached hydrogens (tertiary/aromatic N) is 4. The van der Waals surface area contributed by atoms with E-state index >= 15 is 0 Å². The summed E-state index contributed by atoms with van der Waals surface area (Å²) >= 11 is 0. The van der Waals surface area contributed by atoms with Crippen LogP contribution in [0.15, 0.2) is 12.5 Å². The zero-order chi connectivity index (χ0) is 14.5. The number of carbonyl (C=O) groups is 1. The first-order valence-electron chi connectivity index (χ1n) is 6.95. The maximum atomic E-state index is 11.1. The molecule has 2 heterocycles. The van der Waals surface area contributed by atoms with E-state index in [0.29, 0.717) is 18.2 Å². The molecule has 0 aromatic carbocycles. The van der Waals surface area contributed by atoms with Gasteiger partial charge in [-0.05, 0) is 45.9 Å². The van der Waals surface area contributed by atoms with E-state index in [0.717, 1.165) is 19.6 Å². The van der Waals surface area contributed by atoms with Crippen LogP contribution in [-0.4, -0.2) is 64.6 Å². The normalized spacial score (nSPS) is 17.6. The lowest BCUT2D eigenvalue weighted by Crippen LogP contribution is -2.35. The van der Waals surface area contributed by atoms with Crippen LogP contribution in [0.25, 0.3) is 0 Å². The van der Waals surface area contributed by atoms with Crippen LogP contribution in [0.2, 0.25) is 0 Å². The first kappa shape index (κ1) is 14.9. The molecule has 0 amide bonds. The van der Waals surface area contributed by atoms with Crippen LogP contribution in [0, 0.1) is 5.92 Å². The molecule has 0 aliphatic carbocycles. The number of hydrogen-bond donors (Lipinski definition) is 1. The molecule has 6 nitrogen and oxygen atoms in total. The molecule has 20 heavy (non-hydrogen) atoms. The van der Waals surface area contributed by atoms with E-state index in [1.807, 2.05) is 7.05 Å². The zero-order valence-electron chi connectivity index (χ0n) is 12.1. The topological polar surface area (TPSA) is 69.6 Å². The minimum atomic E-state index is -0.965. The lowest BCUT2D eigenvalue weighted by atomic mass is 9.96. The Balaban J connectivity index is 1.91. The summed E-state index contributed by atoms with van der Waals surface area (Å²) in [5.74, 6) is -0.278. The lowest BCUT2D eigenvalue weighted by molar-refractivity contribution is 0.0693. The fraction of sp³-hybridized carbons (Fsp3) is 0.643. The van der Waals surface area contributed by atoms with Gasteiger partial charge in [0.05, 0.1) is 5.69 Å². The number of carboxylic acid groups (broad SMARTS) is 1. The van der Waals surface area contributed by atoms with Crippen LogP contribution in [0.1, 0.15) is 28.9 Å². The molecule has 6 heteroatoms. The molecule has 2 rings (SSSR count). The summed E-state index contributed by atoms with van der Waals surface area (Å²) in [5, 5.41) is 9.13. The Morgan fingerprint density at radius 1 is 1.50 bits per heavy atom. The monoisotopic (exact) mass is 278 g/mol. The molecular formula is C14H22N4O2. The Hall–Kier alpha value is -1.53. The molecule has 0 radical (unpaired) electrons. The van der Waals surface area contributed by atoms with Crippen molar-refractivity contribution in [1.29, 1.82) is 0 Å². The number of aromatic carboxylic acids is 1. The molecule has 1 aromatic heterocycles. The summed E-state index contributed by atoms with van der Waals surface area (Å²) in [6.07, 6.45) is 5.19. The second-order valence-corrected chi connectivity index (χ2v) is 5.63. The quantitative estimate of drug-likeness (QED) is 0.864. The molecule has 0 bridgehead atoms. The smallest absolute Gasteiger partial charge is 0.339 e. The van der Waals surface area contributed by atoms with Gasteiger partial charge in [-0.15, -0.1) is 0 Å². The van der Waals surface area contributed by atoms with Crippen molar-refractivity contribution in [3.8, 4) is 0 Å². The molecule has 110 valence electrons. The predicted octanol–water partition coefficient (Wildman–Crippen LogP) is 0.948.